The maximum atomic E-state index is 14.5. The number of halogens is 1. The van der Waals surface area contributed by atoms with E-state index < -0.39 is 23.8 Å². The number of benzene rings is 3. The number of carboxylic acids is 1. The molecule has 0 aliphatic heterocycles. The Morgan fingerprint density at radius 1 is 0.872 bits per heavy atom. The molecule has 0 saturated carbocycles. The van der Waals surface area contributed by atoms with Crippen molar-refractivity contribution in [3.05, 3.63) is 99.9 Å². The van der Waals surface area contributed by atoms with E-state index in [1.807, 2.05) is 39.0 Å². The van der Waals surface area contributed by atoms with Gasteiger partial charge in [-0.1, -0.05) is 88.4 Å². The third-order valence-corrected chi connectivity index (χ3v) is 8.30. The smallest absolute Gasteiger partial charge is 0.550 e. The van der Waals surface area contributed by atoms with E-state index in [0.29, 0.717) is 12.8 Å². The second kappa shape index (κ2) is 13.9. The molecular weight excluding hydrogens is 498 g/mol. The Hall–Kier alpha value is -2.24. The van der Waals surface area contributed by atoms with E-state index in [4.69, 9.17) is 0 Å². The van der Waals surface area contributed by atoms with Crippen LogP contribution in [-0.4, -0.2) is 16.7 Å². The molecule has 3 nitrogen and oxygen atoms in total. The van der Waals surface area contributed by atoms with Gasteiger partial charge >= 0.3 is 29.6 Å². The van der Waals surface area contributed by atoms with Crippen molar-refractivity contribution in [2.45, 2.75) is 84.7 Å². The quantitative estimate of drug-likeness (QED) is 0.375. The van der Waals surface area contributed by atoms with Crippen LogP contribution in [0, 0.1) is 19.7 Å². The molecule has 3 aromatic carbocycles. The molecule has 0 aliphatic rings. The van der Waals surface area contributed by atoms with E-state index in [2.05, 4.69) is 51.1 Å². The van der Waals surface area contributed by atoms with Crippen LogP contribution in [0.4, 0.5) is 4.39 Å². The maximum absolute atomic E-state index is 14.5. The fraction of sp³-hybridized carbons (Fsp3) is 0.382. The number of aliphatic hydroxyl groups is 1. The Labute approximate surface area is 255 Å². The third kappa shape index (κ3) is 7.29. The van der Waals surface area contributed by atoms with Crippen LogP contribution >= 0.6 is 0 Å². The maximum Gasteiger partial charge on any atom is 1.00 e. The van der Waals surface area contributed by atoms with Crippen LogP contribution in [0.15, 0.2) is 60.7 Å². The van der Waals surface area contributed by atoms with Crippen LogP contribution in [0.1, 0.15) is 86.8 Å². The number of hydrogen-bond acceptors (Lipinski definition) is 3. The van der Waals surface area contributed by atoms with Crippen molar-refractivity contribution in [3.63, 3.8) is 0 Å². The molecule has 0 fully saturated rings. The molecule has 3 rings (SSSR count). The first-order chi connectivity index (χ1) is 18.0. The summed E-state index contributed by atoms with van der Waals surface area (Å²) in [6, 6.07) is 17.7. The molecule has 0 saturated heterocycles. The van der Waals surface area contributed by atoms with Crippen molar-refractivity contribution in [1.29, 1.82) is 0 Å². The summed E-state index contributed by atoms with van der Waals surface area (Å²) in [6.45, 7) is 12.6. The Balaban J connectivity index is 0.00000533. The van der Waals surface area contributed by atoms with Crippen molar-refractivity contribution in [2.24, 2.45) is 0 Å². The predicted molar refractivity (Wildman–Crippen MR) is 152 cm³/mol. The average molecular weight is 539 g/mol. The number of aryl methyl sites for hydroxylation is 2. The van der Waals surface area contributed by atoms with Crippen LogP contribution in [0.25, 0.3) is 17.2 Å². The Bertz CT molecular complexity index is 1320. The molecule has 0 bridgehead atoms. The van der Waals surface area contributed by atoms with Gasteiger partial charge in [-0.25, -0.2) is 4.39 Å². The molecule has 0 unspecified atom stereocenters. The minimum Gasteiger partial charge on any atom is -0.550 e. The molecule has 0 amide bonds. The number of carboxylic acid groups (broad SMARTS) is 1. The van der Waals surface area contributed by atoms with Gasteiger partial charge in [-0.05, 0) is 90.1 Å². The van der Waals surface area contributed by atoms with E-state index in [1.54, 1.807) is 6.07 Å². The topological polar surface area (TPSA) is 60.4 Å². The van der Waals surface area contributed by atoms with E-state index >= 15 is 0 Å². The van der Waals surface area contributed by atoms with E-state index in [-0.39, 0.29) is 40.5 Å². The van der Waals surface area contributed by atoms with Gasteiger partial charge in [0, 0.05) is 17.8 Å². The van der Waals surface area contributed by atoms with Crippen molar-refractivity contribution in [3.8, 4) is 11.1 Å². The molecule has 0 atom stereocenters. The average Bonchev–Trinajstić information content (AvgIpc) is 2.90. The number of carbonyl (C=O) groups is 1. The molecular formula is C34H40FNaO3. The number of aliphatic carboxylic acids is 1. The summed E-state index contributed by atoms with van der Waals surface area (Å²) < 4.78 is 14.5. The van der Waals surface area contributed by atoms with Gasteiger partial charge in [0.25, 0.3) is 0 Å². The standard InChI is InChI=1S/C34H41FO3.Na/c1-7-33(38,8-2)18-17-25-13-14-28(19-23(25)5)34(9-3,10-4)29-15-16-30(24(6)20-29)26-11-12-27(22-32(36)37)31(35)21-26;/h11-21,38H,7-10,22H2,1-6H3,(H,36,37);/q;+1/p-1. The van der Waals surface area contributed by atoms with Gasteiger partial charge in [0.1, 0.15) is 5.82 Å². The fourth-order valence-corrected chi connectivity index (χ4v) is 5.42. The molecule has 0 radical (unpaired) electrons. The molecule has 0 aromatic heterocycles. The minimum atomic E-state index is -1.30. The monoisotopic (exact) mass is 538 g/mol. The number of carbonyl (C=O) groups excluding carboxylic acids is 1. The minimum absolute atomic E-state index is 0. The largest absolute Gasteiger partial charge is 1.00 e. The van der Waals surface area contributed by atoms with E-state index in [0.717, 1.165) is 35.1 Å². The SMILES string of the molecule is CCC(O)(C=Cc1ccc(C(CC)(CC)c2ccc(-c3ccc(CC(=O)[O-])c(F)c3)c(C)c2)cc1C)CC.[Na+]. The number of rotatable bonds is 11. The van der Waals surface area contributed by atoms with Crippen LogP contribution in [-0.2, 0) is 16.6 Å². The van der Waals surface area contributed by atoms with E-state index in [1.165, 1.54) is 28.8 Å². The summed E-state index contributed by atoms with van der Waals surface area (Å²) in [6.07, 6.45) is 6.71. The third-order valence-electron chi connectivity index (χ3n) is 8.30. The summed E-state index contributed by atoms with van der Waals surface area (Å²) in [5.41, 5.74) is 6.59. The molecule has 5 heteroatoms. The summed E-state index contributed by atoms with van der Waals surface area (Å²) in [5.74, 6) is -1.83. The van der Waals surface area contributed by atoms with Gasteiger partial charge in [-0.3, -0.25) is 0 Å². The summed E-state index contributed by atoms with van der Waals surface area (Å²) >= 11 is 0. The second-order valence-corrected chi connectivity index (χ2v) is 10.4. The van der Waals surface area contributed by atoms with Gasteiger partial charge in [0.2, 0.25) is 0 Å². The summed E-state index contributed by atoms with van der Waals surface area (Å²) in [5, 5.41) is 21.5. The molecule has 39 heavy (non-hydrogen) atoms. The predicted octanol–water partition coefficient (Wildman–Crippen LogP) is 4.08. The summed E-state index contributed by atoms with van der Waals surface area (Å²) in [4.78, 5) is 10.9. The van der Waals surface area contributed by atoms with Gasteiger partial charge in [-0.2, -0.15) is 0 Å². The Kier molecular flexibility index (Phi) is 11.7. The molecule has 1 N–H and O–H groups in total. The Morgan fingerprint density at radius 3 is 1.95 bits per heavy atom. The van der Waals surface area contributed by atoms with Gasteiger partial charge in [0.15, 0.2) is 0 Å². The molecule has 0 heterocycles. The number of hydrogen-bond donors (Lipinski definition) is 1. The first-order valence-electron chi connectivity index (χ1n) is 13.6. The molecule has 202 valence electrons. The summed E-state index contributed by atoms with van der Waals surface area (Å²) in [7, 11) is 0. The van der Waals surface area contributed by atoms with Crippen LogP contribution in [0.3, 0.4) is 0 Å². The fourth-order valence-electron chi connectivity index (χ4n) is 5.42. The first-order valence-corrected chi connectivity index (χ1v) is 13.6. The molecule has 0 spiro atoms. The zero-order valence-electron chi connectivity index (χ0n) is 24.5. The zero-order valence-corrected chi connectivity index (χ0v) is 26.5. The first kappa shape index (κ1) is 33.0. The second-order valence-electron chi connectivity index (χ2n) is 10.4. The Morgan fingerprint density at radius 2 is 1.46 bits per heavy atom. The van der Waals surface area contributed by atoms with Crippen LogP contribution in [0.5, 0.6) is 0 Å². The molecule has 0 aliphatic carbocycles. The van der Waals surface area contributed by atoms with Gasteiger partial charge < -0.3 is 15.0 Å². The van der Waals surface area contributed by atoms with Gasteiger partial charge in [-0.15, -0.1) is 0 Å². The van der Waals surface area contributed by atoms with Crippen molar-refractivity contribution in [2.75, 3.05) is 0 Å². The van der Waals surface area contributed by atoms with Crippen LogP contribution < -0.4 is 34.7 Å². The van der Waals surface area contributed by atoms with Crippen LogP contribution in [0.2, 0.25) is 0 Å². The van der Waals surface area contributed by atoms with E-state index in [9.17, 15) is 19.4 Å². The van der Waals surface area contributed by atoms with Gasteiger partial charge in [0.05, 0.1) is 5.60 Å². The van der Waals surface area contributed by atoms with Crippen molar-refractivity contribution < 1.29 is 49.0 Å². The van der Waals surface area contributed by atoms with Crippen molar-refractivity contribution in [1.82, 2.24) is 0 Å². The van der Waals surface area contributed by atoms with Crippen molar-refractivity contribution >= 4 is 12.0 Å². The molecule has 3 aromatic rings. The normalized spacial score (nSPS) is 12.0. The zero-order chi connectivity index (χ0) is 28.1.